The van der Waals surface area contributed by atoms with Crippen molar-refractivity contribution in [2.45, 2.75) is 66.4 Å². The van der Waals surface area contributed by atoms with Crippen LogP contribution < -0.4 is 10.6 Å². The summed E-state index contributed by atoms with van der Waals surface area (Å²) in [5.41, 5.74) is 0.953. The largest absolute Gasteiger partial charge is 0.491 e. The predicted molar refractivity (Wildman–Crippen MR) is 124 cm³/mol. The van der Waals surface area contributed by atoms with E-state index in [0.717, 1.165) is 37.3 Å². The van der Waals surface area contributed by atoms with E-state index in [1.807, 2.05) is 32.2 Å². The quantitative estimate of drug-likeness (QED) is 0.234. The molecule has 0 heterocycles. The Morgan fingerprint density at radius 3 is 2.32 bits per heavy atom. The molecule has 0 saturated carbocycles. The average molecular weight is 393 g/mol. The molecule has 0 aromatic rings. The van der Waals surface area contributed by atoms with Gasteiger partial charge in [0.2, 0.25) is 0 Å². The highest BCUT2D eigenvalue weighted by Gasteiger charge is 2.12. The van der Waals surface area contributed by atoms with Gasteiger partial charge >= 0.3 is 0 Å². The van der Waals surface area contributed by atoms with Gasteiger partial charge in [-0.15, -0.1) is 0 Å². The summed E-state index contributed by atoms with van der Waals surface area (Å²) in [4.78, 5) is 0. The van der Waals surface area contributed by atoms with Crippen molar-refractivity contribution in [3.8, 4) is 0 Å². The first-order valence-corrected chi connectivity index (χ1v) is 10.3. The maximum Gasteiger partial charge on any atom is 0.179 e. The number of nitrogens with one attached hydrogen (secondary N) is 2. The fraction of sp³-hybridized carbons (Fsp3) is 0.583. The van der Waals surface area contributed by atoms with Crippen LogP contribution in [-0.4, -0.2) is 32.3 Å². The number of hydrogen-bond donors (Lipinski definition) is 2. The zero-order chi connectivity index (χ0) is 21.8. The summed E-state index contributed by atoms with van der Waals surface area (Å²) in [5.74, 6) is 1.66. The Morgan fingerprint density at radius 1 is 1.18 bits per heavy atom. The van der Waals surface area contributed by atoms with Crippen molar-refractivity contribution in [2.24, 2.45) is 0 Å². The first-order chi connectivity index (χ1) is 13.2. The van der Waals surface area contributed by atoms with Gasteiger partial charge in [-0.1, -0.05) is 51.2 Å². The van der Waals surface area contributed by atoms with Crippen molar-refractivity contribution in [2.75, 3.05) is 26.7 Å². The third-order valence-corrected chi connectivity index (χ3v) is 3.25. The van der Waals surface area contributed by atoms with Gasteiger partial charge in [-0.2, -0.15) is 0 Å². The summed E-state index contributed by atoms with van der Waals surface area (Å²) in [5, 5.41) is 6.20. The second-order valence-corrected chi connectivity index (χ2v) is 7.29. The van der Waals surface area contributed by atoms with Crippen LogP contribution in [0.3, 0.4) is 0 Å². The first-order valence-electron chi connectivity index (χ1n) is 10.3. The number of unbranched alkanes of at least 4 members (excludes halogenated alkanes) is 1. The minimum Gasteiger partial charge on any atom is -0.491 e. The second kappa shape index (κ2) is 18.4. The van der Waals surface area contributed by atoms with Crippen molar-refractivity contribution < 1.29 is 9.47 Å². The van der Waals surface area contributed by atoms with Crippen LogP contribution >= 0.6 is 0 Å². The lowest BCUT2D eigenvalue weighted by molar-refractivity contribution is 0.0488. The van der Waals surface area contributed by atoms with Gasteiger partial charge in [0, 0.05) is 6.54 Å². The second-order valence-electron chi connectivity index (χ2n) is 7.29. The van der Waals surface area contributed by atoms with E-state index in [4.69, 9.17) is 9.47 Å². The number of likely N-dealkylation sites (N-methyl/N-ethyl adjacent to an activating group) is 1. The zero-order valence-electron chi connectivity index (χ0n) is 19.4. The van der Waals surface area contributed by atoms with Gasteiger partial charge in [-0.05, 0) is 65.8 Å². The van der Waals surface area contributed by atoms with Gasteiger partial charge in [0.25, 0.3) is 0 Å². The summed E-state index contributed by atoms with van der Waals surface area (Å²) in [7, 11) is 1.93. The van der Waals surface area contributed by atoms with Gasteiger partial charge in [-0.25, -0.2) is 0 Å². The highest BCUT2D eigenvalue weighted by atomic mass is 16.5. The molecule has 0 rings (SSSR count). The molecule has 162 valence electrons. The maximum absolute atomic E-state index is 5.72. The fourth-order valence-electron chi connectivity index (χ4n) is 1.97. The van der Waals surface area contributed by atoms with Gasteiger partial charge in [0.15, 0.2) is 5.88 Å². The lowest BCUT2D eigenvalue weighted by Crippen LogP contribution is -2.23. The SMILES string of the molecule is C=C/C(=C\C=C/C)COC(=C)NCCCC.CC/C=C(/CNC)OC(C)(C)C. The molecule has 0 spiro atoms. The molecule has 0 aliphatic carbocycles. The van der Waals surface area contributed by atoms with Crippen LogP contribution in [0.5, 0.6) is 0 Å². The van der Waals surface area contributed by atoms with Crippen molar-refractivity contribution in [1.29, 1.82) is 0 Å². The van der Waals surface area contributed by atoms with E-state index in [1.165, 1.54) is 6.42 Å². The van der Waals surface area contributed by atoms with Gasteiger partial charge in [0.05, 0.1) is 6.54 Å². The number of allylic oxidation sites excluding steroid dienone is 4. The Labute approximate surface area is 174 Å². The molecule has 0 aromatic heterocycles. The van der Waals surface area contributed by atoms with E-state index >= 15 is 0 Å². The molecule has 0 fully saturated rings. The minimum atomic E-state index is -0.0855. The molecule has 2 N–H and O–H groups in total. The van der Waals surface area contributed by atoms with E-state index in [1.54, 1.807) is 6.08 Å². The van der Waals surface area contributed by atoms with E-state index in [0.29, 0.717) is 12.5 Å². The Balaban J connectivity index is 0. The van der Waals surface area contributed by atoms with Crippen molar-refractivity contribution >= 4 is 0 Å². The van der Waals surface area contributed by atoms with E-state index in [2.05, 4.69) is 64.5 Å². The third-order valence-electron chi connectivity index (χ3n) is 3.25. The molecular formula is C24H44N2O2. The topological polar surface area (TPSA) is 42.5 Å². The molecular weight excluding hydrogens is 348 g/mol. The van der Waals surface area contributed by atoms with Crippen LogP contribution in [-0.2, 0) is 9.47 Å². The van der Waals surface area contributed by atoms with Crippen LogP contribution in [0.1, 0.15) is 60.8 Å². The van der Waals surface area contributed by atoms with Crippen molar-refractivity contribution in [3.63, 3.8) is 0 Å². The smallest absolute Gasteiger partial charge is 0.179 e. The molecule has 28 heavy (non-hydrogen) atoms. The molecule has 0 saturated heterocycles. The Hall–Kier alpha value is -1.94. The molecule has 0 bridgehead atoms. The average Bonchev–Trinajstić information content (AvgIpc) is 2.62. The molecule has 0 aromatic carbocycles. The Kier molecular flexibility index (Phi) is 18.6. The summed E-state index contributed by atoms with van der Waals surface area (Å²) in [6, 6.07) is 0. The monoisotopic (exact) mass is 392 g/mol. The van der Waals surface area contributed by atoms with Crippen LogP contribution in [0.25, 0.3) is 0 Å². The summed E-state index contributed by atoms with van der Waals surface area (Å²) in [6.07, 6.45) is 13.1. The molecule has 0 radical (unpaired) electrons. The number of rotatable bonds is 13. The van der Waals surface area contributed by atoms with Crippen LogP contribution in [0.4, 0.5) is 0 Å². The van der Waals surface area contributed by atoms with E-state index in [-0.39, 0.29) is 5.60 Å². The minimum absolute atomic E-state index is 0.0855. The van der Waals surface area contributed by atoms with Gasteiger partial charge in [-0.3, -0.25) is 0 Å². The molecule has 0 unspecified atom stereocenters. The lowest BCUT2D eigenvalue weighted by Gasteiger charge is -2.23. The molecule has 0 aliphatic heterocycles. The Bertz CT molecular complexity index is 497. The lowest BCUT2D eigenvalue weighted by atomic mass is 10.2. The third kappa shape index (κ3) is 20.4. The van der Waals surface area contributed by atoms with Gasteiger partial charge < -0.3 is 20.1 Å². The summed E-state index contributed by atoms with van der Waals surface area (Å²) < 4.78 is 11.2. The fourth-order valence-corrected chi connectivity index (χ4v) is 1.97. The van der Waals surface area contributed by atoms with Gasteiger partial charge in [0.1, 0.15) is 18.0 Å². The zero-order valence-corrected chi connectivity index (χ0v) is 19.4. The molecule has 4 nitrogen and oxygen atoms in total. The van der Waals surface area contributed by atoms with Crippen molar-refractivity contribution in [1.82, 2.24) is 10.6 Å². The summed E-state index contributed by atoms with van der Waals surface area (Å²) >= 11 is 0. The van der Waals surface area contributed by atoms with Crippen LogP contribution in [0.2, 0.25) is 0 Å². The maximum atomic E-state index is 5.72. The van der Waals surface area contributed by atoms with Crippen molar-refractivity contribution in [3.05, 3.63) is 60.8 Å². The number of hydrogen-bond acceptors (Lipinski definition) is 4. The first kappa shape index (κ1) is 28.3. The molecule has 0 amide bonds. The van der Waals surface area contributed by atoms with Crippen LogP contribution in [0, 0.1) is 0 Å². The summed E-state index contributed by atoms with van der Waals surface area (Å²) in [6.45, 7) is 22.2. The highest BCUT2D eigenvalue weighted by Crippen LogP contribution is 2.13. The van der Waals surface area contributed by atoms with E-state index < -0.39 is 0 Å². The Morgan fingerprint density at radius 2 is 1.86 bits per heavy atom. The molecule has 4 heteroatoms. The normalized spacial score (nSPS) is 12.2. The molecule has 0 atom stereocenters. The molecule has 0 aliphatic rings. The van der Waals surface area contributed by atoms with Crippen LogP contribution in [0.15, 0.2) is 60.8 Å². The standard InChI is InChI=1S/C14H23NO.C10H21NO/c1-5-8-10-14(7-3)12-16-13(4)15-11-9-6-2;1-6-7-9(8-11-5)12-10(2,3)4/h5,7-8,10,15H,3-4,6,9,11-12H2,1-2H3;7,11H,6,8H2,1-5H3/b8-5-,14-10+;9-7-. The van der Waals surface area contributed by atoms with E-state index in [9.17, 15) is 0 Å². The predicted octanol–water partition coefficient (Wildman–Crippen LogP) is 5.87. The highest BCUT2D eigenvalue weighted by molar-refractivity contribution is 5.22. The number of ether oxygens (including phenoxy) is 2.